The predicted molar refractivity (Wildman–Crippen MR) is 78.1 cm³/mol. The van der Waals surface area contributed by atoms with Crippen molar-refractivity contribution in [3.8, 4) is 0 Å². The number of hydrogen-bond acceptors (Lipinski definition) is 3. The van der Waals surface area contributed by atoms with Gasteiger partial charge in [0.15, 0.2) is 0 Å². The van der Waals surface area contributed by atoms with E-state index in [9.17, 15) is 0 Å². The van der Waals surface area contributed by atoms with Crippen LogP contribution < -0.4 is 5.32 Å². The van der Waals surface area contributed by atoms with Crippen LogP contribution in [-0.2, 0) is 0 Å². The summed E-state index contributed by atoms with van der Waals surface area (Å²) >= 11 is 1.82. The van der Waals surface area contributed by atoms with Gasteiger partial charge in [0.2, 0.25) is 0 Å². The minimum atomic E-state index is 0.587. The van der Waals surface area contributed by atoms with Crippen molar-refractivity contribution in [1.82, 2.24) is 10.2 Å². The van der Waals surface area contributed by atoms with Crippen molar-refractivity contribution in [1.29, 1.82) is 0 Å². The monoisotopic (exact) mass is 264 g/mol. The Balaban J connectivity index is 1.74. The molecule has 0 radical (unpaired) electrons. The molecule has 3 atom stereocenters. The molecular formula is C15H24N2S. The summed E-state index contributed by atoms with van der Waals surface area (Å²) in [5, 5.41) is 8.24. The molecule has 2 saturated heterocycles. The van der Waals surface area contributed by atoms with E-state index in [-0.39, 0.29) is 0 Å². The van der Waals surface area contributed by atoms with Crippen LogP contribution in [0, 0.1) is 0 Å². The maximum atomic E-state index is 3.72. The minimum Gasteiger partial charge on any atom is -0.312 e. The van der Waals surface area contributed by atoms with E-state index in [1.807, 2.05) is 11.3 Å². The van der Waals surface area contributed by atoms with Gasteiger partial charge >= 0.3 is 0 Å². The van der Waals surface area contributed by atoms with Gasteiger partial charge in [-0.1, -0.05) is 6.42 Å². The molecule has 2 fully saturated rings. The summed E-state index contributed by atoms with van der Waals surface area (Å²) in [4.78, 5) is 2.76. The summed E-state index contributed by atoms with van der Waals surface area (Å²) in [6, 6.07) is 4.38. The molecule has 3 rings (SSSR count). The van der Waals surface area contributed by atoms with Gasteiger partial charge in [0.05, 0.1) is 0 Å². The first kappa shape index (κ1) is 12.6. The van der Waals surface area contributed by atoms with Crippen molar-refractivity contribution in [3.63, 3.8) is 0 Å². The quantitative estimate of drug-likeness (QED) is 0.900. The van der Waals surface area contributed by atoms with Gasteiger partial charge in [-0.15, -0.1) is 0 Å². The second kappa shape index (κ2) is 5.72. The average molecular weight is 264 g/mol. The molecule has 0 spiro atoms. The predicted octanol–water partition coefficient (Wildman–Crippen LogP) is 3.42. The number of rotatable bonds is 3. The van der Waals surface area contributed by atoms with Crippen LogP contribution in [-0.4, -0.2) is 30.1 Å². The summed E-state index contributed by atoms with van der Waals surface area (Å²) < 4.78 is 0. The Hall–Kier alpha value is -0.380. The Morgan fingerprint density at radius 2 is 2.28 bits per heavy atom. The van der Waals surface area contributed by atoms with E-state index in [1.54, 1.807) is 0 Å². The van der Waals surface area contributed by atoms with E-state index in [4.69, 9.17) is 0 Å². The van der Waals surface area contributed by atoms with Gasteiger partial charge in [0.25, 0.3) is 0 Å². The molecule has 3 unspecified atom stereocenters. The molecule has 18 heavy (non-hydrogen) atoms. The summed E-state index contributed by atoms with van der Waals surface area (Å²) in [7, 11) is 0. The van der Waals surface area contributed by atoms with Crippen LogP contribution in [0.5, 0.6) is 0 Å². The maximum Gasteiger partial charge on any atom is 0.0331 e. The van der Waals surface area contributed by atoms with Gasteiger partial charge in [-0.25, -0.2) is 0 Å². The lowest BCUT2D eigenvalue weighted by molar-refractivity contribution is 0.0805. The molecule has 3 heteroatoms. The summed E-state index contributed by atoms with van der Waals surface area (Å²) in [5.74, 6) is 0. The van der Waals surface area contributed by atoms with Gasteiger partial charge in [0, 0.05) is 18.1 Å². The number of thiophene rings is 1. The molecule has 100 valence electrons. The third kappa shape index (κ3) is 2.49. The molecule has 2 aliphatic rings. The second-order valence-electron chi connectivity index (χ2n) is 5.74. The zero-order chi connectivity index (χ0) is 12.4. The van der Waals surface area contributed by atoms with Gasteiger partial charge in [0.1, 0.15) is 0 Å². The van der Waals surface area contributed by atoms with Crippen molar-refractivity contribution in [3.05, 3.63) is 22.4 Å². The fourth-order valence-electron chi connectivity index (χ4n) is 3.64. The van der Waals surface area contributed by atoms with Crippen LogP contribution in [0.25, 0.3) is 0 Å². The highest BCUT2D eigenvalue weighted by Gasteiger charge is 2.34. The Bertz CT molecular complexity index is 357. The lowest BCUT2D eigenvalue weighted by atomic mass is 9.92. The van der Waals surface area contributed by atoms with Crippen molar-refractivity contribution >= 4 is 11.3 Å². The maximum absolute atomic E-state index is 3.72. The molecule has 2 aliphatic heterocycles. The summed E-state index contributed by atoms with van der Waals surface area (Å²) in [6.07, 6.45) is 6.90. The molecule has 0 amide bonds. The third-order valence-electron chi connectivity index (χ3n) is 4.68. The molecular weight excluding hydrogens is 240 g/mol. The molecule has 3 heterocycles. The number of nitrogens with zero attached hydrogens (tertiary/aromatic N) is 1. The minimum absolute atomic E-state index is 0.587. The number of hydrogen-bond donors (Lipinski definition) is 1. The molecule has 0 saturated carbocycles. The molecule has 0 aromatic carbocycles. The third-order valence-corrected chi connectivity index (χ3v) is 5.38. The molecule has 0 bridgehead atoms. The second-order valence-corrected chi connectivity index (χ2v) is 6.52. The highest BCUT2D eigenvalue weighted by Crippen LogP contribution is 2.32. The largest absolute Gasteiger partial charge is 0.312 e. The van der Waals surface area contributed by atoms with Crippen LogP contribution in [0.1, 0.15) is 50.6 Å². The van der Waals surface area contributed by atoms with Gasteiger partial charge in [-0.2, -0.15) is 11.3 Å². The zero-order valence-corrected chi connectivity index (χ0v) is 12.1. The highest BCUT2D eigenvalue weighted by molar-refractivity contribution is 7.07. The van der Waals surface area contributed by atoms with Crippen LogP contribution >= 0.6 is 11.3 Å². The SMILES string of the molecule is CC(c1ccsc1)N1CCCCC1C1CCCN1. The highest BCUT2D eigenvalue weighted by atomic mass is 32.1. The Morgan fingerprint density at radius 3 is 3.00 bits per heavy atom. The van der Waals surface area contributed by atoms with Crippen LogP contribution in [0.4, 0.5) is 0 Å². The van der Waals surface area contributed by atoms with E-state index in [0.717, 1.165) is 12.1 Å². The fourth-order valence-corrected chi connectivity index (χ4v) is 4.38. The summed E-state index contributed by atoms with van der Waals surface area (Å²) in [5.41, 5.74) is 1.50. The molecule has 1 aromatic rings. The van der Waals surface area contributed by atoms with Crippen molar-refractivity contribution in [2.45, 2.75) is 57.2 Å². The Kier molecular flexibility index (Phi) is 4.02. The van der Waals surface area contributed by atoms with Gasteiger partial charge < -0.3 is 5.32 Å². The standard InChI is InChI=1S/C15H24N2S/c1-12(13-7-10-18-11-13)17-9-3-2-6-15(17)14-5-4-8-16-14/h7,10-12,14-16H,2-6,8-9H2,1H3. The Labute approximate surface area is 114 Å². The number of likely N-dealkylation sites (tertiary alicyclic amines) is 1. The van der Waals surface area contributed by atoms with E-state index in [2.05, 4.69) is 34.0 Å². The van der Waals surface area contributed by atoms with Crippen LogP contribution in [0.3, 0.4) is 0 Å². The van der Waals surface area contributed by atoms with E-state index < -0.39 is 0 Å². The zero-order valence-electron chi connectivity index (χ0n) is 11.3. The van der Waals surface area contributed by atoms with Crippen molar-refractivity contribution in [2.24, 2.45) is 0 Å². The van der Waals surface area contributed by atoms with Gasteiger partial charge in [-0.3, -0.25) is 4.90 Å². The fraction of sp³-hybridized carbons (Fsp3) is 0.733. The average Bonchev–Trinajstić information content (AvgIpc) is 3.11. The topological polar surface area (TPSA) is 15.3 Å². The van der Waals surface area contributed by atoms with E-state index >= 15 is 0 Å². The molecule has 1 aromatic heterocycles. The van der Waals surface area contributed by atoms with Crippen LogP contribution in [0.15, 0.2) is 16.8 Å². The molecule has 1 N–H and O–H groups in total. The lowest BCUT2D eigenvalue weighted by Gasteiger charge is -2.42. The molecule has 2 nitrogen and oxygen atoms in total. The molecule has 0 aliphatic carbocycles. The van der Waals surface area contributed by atoms with Crippen LogP contribution in [0.2, 0.25) is 0 Å². The first-order chi connectivity index (χ1) is 8.86. The van der Waals surface area contributed by atoms with Crippen molar-refractivity contribution < 1.29 is 0 Å². The Morgan fingerprint density at radius 1 is 1.33 bits per heavy atom. The van der Waals surface area contributed by atoms with Gasteiger partial charge in [-0.05, 0) is 68.1 Å². The van der Waals surface area contributed by atoms with E-state index in [0.29, 0.717) is 6.04 Å². The first-order valence-corrected chi connectivity index (χ1v) is 8.32. The summed E-state index contributed by atoms with van der Waals surface area (Å²) in [6.45, 7) is 4.89. The van der Waals surface area contributed by atoms with E-state index in [1.165, 1.54) is 50.8 Å². The smallest absolute Gasteiger partial charge is 0.0331 e. The number of piperidine rings is 1. The van der Waals surface area contributed by atoms with Crippen molar-refractivity contribution in [2.75, 3.05) is 13.1 Å². The first-order valence-electron chi connectivity index (χ1n) is 7.37. The lowest BCUT2D eigenvalue weighted by Crippen LogP contribution is -2.50. The number of nitrogens with one attached hydrogen (secondary N) is 1. The normalized spacial score (nSPS) is 31.6.